The van der Waals surface area contributed by atoms with Crippen LogP contribution in [0.25, 0.3) is 0 Å². The van der Waals surface area contributed by atoms with Crippen LogP contribution in [0.5, 0.6) is 0 Å². The van der Waals surface area contributed by atoms with E-state index in [1.807, 2.05) is 11.0 Å². The highest BCUT2D eigenvalue weighted by atomic mass is 35.5. The Hall–Kier alpha value is -2.70. The van der Waals surface area contributed by atoms with Crippen molar-refractivity contribution in [2.75, 3.05) is 19.6 Å². The molecule has 146 valence electrons. The van der Waals surface area contributed by atoms with Gasteiger partial charge in [-0.1, -0.05) is 24.3 Å². The monoisotopic (exact) mass is 399 g/mol. The summed E-state index contributed by atoms with van der Waals surface area (Å²) < 4.78 is 0. The van der Waals surface area contributed by atoms with Crippen molar-refractivity contribution in [2.24, 2.45) is 11.7 Å². The van der Waals surface area contributed by atoms with Gasteiger partial charge in [-0.2, -0.15) is 0 Å². The van der Waals surface area contributed by atoms with Gasteiger partial charge in [-0.3, -0.25) is 19.3 Å². The van der Waals surface area contributed by atoms with Crippen LogP contribution in [0, 0.1) is 5.92 Å². The van der Waals surface area contributed by atoms with Crippen molar-refractivity contribution in [3.05, 3.63) is 70.8 Å². The third-order valence-electron chi connectivity index (χ3n) is 5.30. The Bertz CT molecular complexity index is 896. The number of benzene rings is 2. The highest BCUT2D eigenvalue weighted by Crippen LogP contribution is 2.25. The normalized spacial score (nSPS) is 18.2. The number of fused-ring (bicyclic) bond motifs is 1. The van der Waals surface area contributed by atoms with E-state index < -0.39 is 0 Å². The molecule has 1 atom stereocenters. The second-order valence-electron chi connectivity index (χ2n) is 7.08. The fourth-order valence-electron chi connectivity index (χ4n) is 3.76. The molecule has 7 heteroatoms. The predicted octanol–water partition coefficient (Wildman–Crippen LogP) is 2.33. The number of amides is 3. The van der Waals surface area contributed by atoms with Crippen molar-refractivity contribution in [1.82, 2.24) is 9.80 Å². The minimum Gasteiger partial charge on any atom is -0.338 e. The Morgan fingerprint density at radius 3 is 2.32 bits per heavy atom. The van der Waals surface area contributed by atoms with E-state index in [0.29, 0.717) is 42.2 Å². The maximum atomic E-state index is 12.7. The fraction of sp³-hybridized carbons (Fsp3) is 0.286. The van der Waals surface area contributed by atoms with Crippen LogP contribution in [0.1, 0.15) is 43.1 Å². The maximum Gasteiger partial charge on any atom is 0.261 e. The zero-order valence-corrected chi connectivity index (χ0v) is 16.2. The lowest BCUT2D eigenvalue weighted by atomic mass is 10.1. The first kappa shape index (κ1) is 20.0. The largest absolute Gasteiger partial charge is 0.338 e. The molecule has 0 aromatic heterocycles. The molecule has 0 saturated carbocycles. The van der Waals surface area contributed by atoms with Crippen molar-refractivity contribution in [3.8, 4) is 0 Å². The SMILES string of the molecule is Cl.NCC1CCN(C(=O)c2cccc(CN3C(=O)c4ccccc4C3=O)c2)C1. The Morgan fingerprint density at radius 2 is 1.71 bits per heavy atom. The van der Waals surface area contributed by atoms with Gasteiger partial charge in [-0.15, -0.1) is 12.4 Å². The van der Waals surface area contributed by atoms with Crippen LogP contribution in [-0.4, -0.2) is 47.2 Å². The standard InChI is InChI=1S/C21H21N3O3.ClH/c22-11-15-8-9-23(12-15)19(25)16-5-3-4-14(10-16)13-24-20(26)17-6-1-2-7-18(17)21(24)27;/h1-7,10,15H,8-9,11-13,22H2;1H. The molecule has 0 radical (unpaired) electrons. The van der Waals surface area contributed by atoms with Gasteiger partial charge >= 0.3 is 0 Å². The highest BCUT2D eigenvalue weighted by Gasteiger charge is 2.35. The number of hydrogen-bond donors (Lipinski definition) is 1. The molecule has 0 aliphatic carbocycles. The second kappa shape index (κ2) is 8.12. The molecule has 2 heterocycles. The van der Waals surface area contributed by atoms with Crippen LogP contribution in [0.2, 0.25) is 0 Å². The zero-order valence-electron chi connectivity index (χ0n) is 15.3. The minimum absolute atomic E-state index is 0. The molecule has 2 N–H and O–H groups in total. The van der Waals surface area contributed by atoms with Crippen LogP contribution in [-0.2, 0) is 6.54 Å². The van der Waals surface area contributed by atoms with E-state index in [4.69, 9.17) is 5.73 Å². The van der Waals surface area contributed by atoms with Gasteiger partial charge in [0.15, 0.2) is 0 Å². The molecular formula is C21H22ClN3O3. The number of rotatable bonds is 4. The van der Waals surface area contributed by atoms with Gasteiger partial charge < -0.3 is 10.6 Å². The molecule has 4 rings (SSSR count). The van der Waals surface area contributed by atoms with E-state index in [9.17, 15) is 14.4 Å². The van der Waals surface area contributed by atoms with Crippen molar-refractivity contribution in [2.45, 2.75) is 13.0 Å². The molecule has 2 aromatic carbocycles. The highest BCUT2D eigenvalue weighted by molar-refractivity contribution is 6.21. The summed E-state index contributed by atoms with van der Waals surface area (Å²) in [4.78, 5) is 40.8. The fourth-order valence-corrected chi connectivity index (χ4v) is 3.76. The van der Waals surface area contributed by atoms with Crippen LogP contribution in [0.3, 0.4) is 0 Å². The summed E-state index contributed by atoms with van der Waals surface area (Å²) in [6.45, 7) is 2.13. The van der Waals surface area contributed by atoms with Gasteiger partial charge in [-0.05, 0) is 48.7 Å². The Balaban J connectivity index is 0.00000225. The van der Waals surface area contributed by atoms with E-state index in [1.165, 1.54) is 4.90 Å². The number of nitrogens with zero attached hydrogens (tertiary/aromatic N) is 2. The van der Waals surface area contributed by atoms with Crippen molar-refractivity contribution < 1.29 is 14.4 Å². The summed E-state index contributed by atoms with van der Waals surface area (Å²) in [6.07, 6.45) is 0.928. The molecule has 1 saturated heterocycles. The van der Waals surface area contributed by atoms with Gasteiger partial charge in [0, 0.05) is 18.7 Å². The van der Waals surface area contributed by atoms with Crippen molar-refractivity contribution in [3.63, 3.8) is 0 Å². The first-order chi connectivity index (χ1) is 13.1. The Labute approximate surface area is 169 Å². The first-order valence-electron chi connectivity index (χ1n) is 9.12. The summed E-state index contributed by atoms with van der Waals surface area (Å²) in [5.74, 6) is -0.263. The molecule has 0 bridgehead atoms. The lowest BCUT2D eigenvalue weighted by Crippen LogP contribution is -2.31. The number of likely N-dealkylation sites (tertiary alicyclic amines) is 1. The molecule has 0 spiro atoms. The van der Waals surface area contributed by atoms with Crippen LogP contribution >= 0.6 is 12.4 Å². The van der Waals surface area contributed by atoms with Crippen molar-refractivity contribution in [1.29, 1.82) is 0 Å². The third kappa shape index (κ3) is 3.53. The minimum atomic E-state index is -0.294. The number of hydrogen-bond acceptors (Lipinski definition) is 4. The molecule has 2 aliphatic heterocycles. The molecule has 28 heavy (non-hydrogen) atoms. The Kier molecular flexibility index (Phi) is 5.82. The first-order valence-corrected chi connectivity index (χ1v) is 9.12. The zero-order chi connectivity index (χ0) is 19.0. The average Bonchev–Trinajstić information content (AvgIpc) is 3.27. The number of imide groups is 1. The topological polar surface area (TPSA) is 83.7 Å². The van der Waals surface area contributed by atoms with Gasteiger partial charge in [0.25, 0.3) is 17.7 Å². The number of nitrogens with two attached hydrogens (primary N) is 1. The predicted molar refractivity (Wildman–Crippen MR) is 107 cm³/mol. The number of carbonyl (C=O) groups is 3. The average molecular weight is 400 g/mol. The van der Waals surface area contributed by atoms with E-state index in [0.717, 1.165) is 12.0 Å². The number of carbonyl (C=O) groups excluding carboxylic acids is 3. The summed E-state index contributed by atoms with van der Waals surface area (Å²) in [7, 11) is 0. The molecule has 1 unspecified atom stereocenters. The summed E-state index contributed by atoms with van der Waals surface area (Å²) >= 11 is 0. The molecular weight excluding hydrogens is 378 g/mol. The third-order valence-corrected chi connectivity index (χ3v) is 5.30. The molecule has 2 aliphatic rings. The van der Waals surface area contributed by atoms with Gasteiger partial charge in [0.05, 0.1) is 17.7 Å². The van der Waals surface area contributed by atoms with Crippen LogP contribution in [0.15, 0.2) is 48.5 Å². The molecule has 1 fully saturated rings. The lowest BCUT2D eigenvalue weighted by molar-refractivity contribution is 0.0642. The summed E-state index contributed by atoms with van der Waals surface area (Å²) in [5.41, 5.74) is 7.89. The molecule has 3 amide bonds. The van der Waals surface area contributed by atoms with Gasteiger partial charge in [0.1, 0.15) is 0 Å². The second-order valence-corrected chi connectivity index (χ2v) is 7.08. The van der Waals surface area contributed by atoms with Crippen molar-refractivity contribution >= 4 is 30.1 Å². The maximum absolute atomic E-state index is 12.7. The van der Waals surface area contributed by atoms with E-state index in [-0.39, 0.29) is 36.7 Å². The van der Waals surface area contributed by atoms with Crippen LogP contribution in [0.4, 0.5) is 0 Å². The quantitative estimate of drug-likeness (QED) is 0.800. The molecule has 6 nitrogen and oxygen atoms in total. The van der Waals surface area contributed by atoms with Crippen LogP contribution < -0.4 is 5.73 Å². The lowest BCUT2D eigenvalue weighted by Gasteiger charge is -2.18. The summed E-state index contributed by atoms with van der Waals surface area (Å²) in [5, 5.41) is 0. The van der Waals surface area contributed by atoms with Gasteiger partial charge in [-0.25, -0.2) is 0 Å². The molecule has 2 aromatic rings. The van der Waals surface area contributed by atoms with E-state index in [1.54, 1.807) is 42.5 Å². The summed E-state index contributed by atoms with van der Waals surface area (Å²) in [6, 6.07) is 14.0. The van der Waals surface area contributed by atoms with E-state index in [2.05, 4.69) is 0 Å². The Morgan fingerprint density at radius 1 is 1.04 bits per heavy atom. The smallest absolute Gasteiger partial charge is 0.261 e. The van der Waals surface area contributed by atoms with Gasteiger partial charge in [0.2, 0.25) is 0 Å². The number of halogens is 1. The van der Waals surface area contributed by atoms with E-state index >= 15 is 0 Å².